The number of amides is 1. The van der Waals surface area contributed by atoms with E-state index < -0.39 is 0 Å². The van der Waals surface area contributed by atoms with Gasteiger partial charge in [0.05, 0.1) is 6.20 Å². The van der Waals surface area contributed by atoms with Crippen LogP contribution in [-0.4, -0.2) is 44.0 Å². The van der Waals surface area contributed by atoms with Gasteiger partial charge in [0.1, 0.15) is 5.69 Å². The predicted molar refractivity (Wildman–Crippen MR) is 92.4 cm³/mol. The van der Waals surface area contributed by atoms with E-state index in [1.54, 1.807) is 18.6 Å². The van der Waals surface area contributed by atoms with E-state index in [4.69, 9.17) is 4.52 Å². The highest BCUT2D eigenvalue weighted by atomic mass is 16.5. The van der Waals surface area contributed by atoms with E-state index in [0.29, 0.717) is 35.7 Å². The highest BCUT2D eigenvalue weighted by Crippen LogP contribution is 2.24. The van der Waals surface area contributed by atoms with Crippen molar-refractivity contribution in [3.05, 3.63) is 24.5 Å². The van der Waals surface area contributed by atoms with Gasteiger partial charge in [0, 0.05) is 37.8 Å². The Hall–Kier alpha value is -2.31. The van der Waals surface area contributed by atoms with Gasteiger partial charge in [-0.05, 0) is 31.6 Å². The molecule has 1 atom stereocenters. The van der Waals surface area contributed by atoms with Crippen LogP contribution in [0.1, 0.15) is 45.4 Å². The van der Waals surface area contributed by atoms with Crippen LogP contribution in [0.25, 0.3) is 11.5 Å². The van der Waals surface area contributed by atoms with Crippen LogP contribution in [0.4, 0.5) is 0 Å². The van der Waals surface area contributed by atoms with Crippen molar-refractivity contribution in [2.45, 2.75) is 46.0 Å². The summed E-state index contributed by atoms with van der Waals surface area (Å²) in [5.74, 6) is 1.86. The second-order valence-electron chi connectivity index (χ2n) is 6.61. The highest BCUT2D eigenvalue weighted by molar-refractivity contribution is 5.78. The molecule has 1 fully saturated rings. The predicted octanol–water partition coefficient (Wildman–Crippen LogP) is 2.74. The summed E-state index contributed by atoms with van der Waals surface area (Å²) in [6.07, 6.45) is 9.44. The van der Waals surface area contributed by atoms with Gasteiger partial charge in [-0.15, -0.1) is 0 Å². The quantitative estimate of drug-likeness (QED) is 0.802. The first-order valence-electron chi connectivity index (χ1n) is 9.09. The SMILES string of the molecule is CCC(CC)C(=O)N1CCCC(Cc2nc(-c3cnccn3)no2)C1. The molecule has 7 heteroatoms. The van der Waals surface area contributed by atoms with E-state index in [1.165, 1.54) is 0 Å². The Bertz CT molecular complexity index is 684. The molecule has 25 heavy (non-hydrogen) atoms. The highest BCUT2D eigenvalue weighted by Gasteiger charge is 2.28. The number of rotatable bonds is 6. The summed E-state index contributed by atoms with van der Waals surface area (Å²) < 4.78 is 5.37. The van der Waals surface area contributed by atoms with Gasteiger partial charge in [-0.3, -0.25) is 9.78 Å². The van der Waals surface area contributed by atoms with Crippen molar-refractivity contribution in [2.75, 3.05) is 13.1 Å². The smallest absolute Gasteiger partial charge is 0.227 e. The monoisotopic (exact) mass is 343 g/mol. The summed E-state index contributed by atoms with van der Waals surface area (Å²) in [5.41, 5.74) is 0.603. The summed E-state index contributed by atoms with van der Waals surface area (Å²) in [7, 11) is 0. The maximum absolute atomic E-state index is 12.6. The fraction of sp³-hybridized carbons (Fsp3) is 0.611. The third-order valence-corrected chi connectivity index (χ3v) is 4.89. The lowest BCUT2D eigenvalue weighted by molar-refractivity contribution is -0.137. The van der Waals surface area contributed by atoms with Crippen LogP contribution in [0.15, 0.2) is 23.1 Å². The Morgan fingerprint density at radius 2 is 2.20 bits per heavy atom. The van der Waals surface area contributed by atoms with Gasteiger partial charge in [-0.25, -0.2) is 4.98 Å². The molecule has 3 heterocycles. The third-order valence-electron chi connectivity index (χ3n) is 4.89. The van der Waals surface area contributed by atoms with Crippen molar-refractivity contribution in [2.24, 2.45) is 11.8 Å². The second kappa shape index (κ2) is 8.18. The van der Waals surface area contributed by atoms with Gasteiger partial charge < -0.3 is 9.42 Å². The normalized spacial score (nSPS) is 17.9. The van der Waals surface area contributed by atoms with Crippen molar-refractivity contribution >= 4 is 5.91 Å². The molecule has 0 saturated carbocycles. The number of hydrogen-bond donors (Lipinski definition) is 0. The zero-order chi connectivity index (χ0) is 17.6. The summed E-state index contributed by atoms with van der Waals surface area (Å²) in [4.78, 5) is 27.3. The van der Waals surface area contributed by atoms with Crippen LogP contribution in [-0.2, 0) is 11.2 Å². The summed E-state index contributed by atoms with van der Waals surface area (Å²) in [6, 6.07) is 0. The molecular weight excluding hydrogens is 318 g/mol. The van der Waals surface area contributed by atoms with Crippen molar-refractivity contribution in [3.63, 3.8) is 0 Å². The minimum Gasteiger partial charge on any atom is -0.342 e. The summed E-state index contributed by atoms with van der Waals surface area (Å²) in [5, 5.41) is 3.99. The Balaban J connectivity index is 1.61. The number of nitrogens with zero attached hydrogens (tertiary/aromatic N) is 5. The van der Waals surface area contributed by atoms with E-state index in [9.17, 15) is 4.79 Å². The van der Waals surface area contributed by atoms with E-state index in [1.807, 2.05) is 4.90 Å². The van der Waals surface area contributed by atoms with Gasteiger partial charge >= 0.3 is 0 Å². The molecule has 0 radical (unpaired) electrons. The standard InChI is InChI=1S/C18H25N5O2/c1-3-14(4-2)18(24)23-9-5-6-13(12-23)10-16-21-17(22-25-16)15-11-19-7-8-20-15/h7-8,11,13-14H,3-6,9-10,12H2,1-2H3. The van der Waals surface area contributed by atoms with Gasteiger partial charge in [0.25, 0.3) is 0 Å². The van der Waals surface area contributed by atoms with Crippen molar-refractivity contribution in [1.29, 1.82) is 0 Å². The number of aromatic nitrogens is 4. The summed E-state index contributed by atoms with van der Waals surface area (Å²) >= 11 is 0. The third kappa shape index (κ3) is 4.21. The molecule has 0 N–H and O–H groups in total. The Morgan fingerprint density at radius 1 is 1.36 bits per heavy atom. The van der Waals surface area contributed by atoms with E-state index in [-0.39, 0.29) is 5.92 Å². The topological polar surface area (TPSA) is 85.0 Å². The number of carbonyl (C=O) groups is 1. The zero-order valence-electron chi connectivity index (χ0n) is 14.9. The molecule has 1 aliphatic rings. The molecule has 0 bridgehead atoms. The van der Waals surface area contributed by atoms with Crippen LogP contribution in [0, 0.1) is 11.8 Å². The second-order valence-corrected chi connectivity index (χ2v) is 6.61. The molecule has 0 aliphatic carbocycles. The number of piperidine rings is 1. The largest absolute Gasteiger partial charge is 0.342 e. The van der Waals surface area contributed by atoms with Crippen LogP contribution < -0.4 is 0 Å². The fourth-order valence-electron chi connectivity index (χ4n) is 3.43. The number of carbonyl (C=O) groups excluding carboxylic acids is 1. The Morgan fingerprint density at radius 3 is 2.92 bits per heavy atom. The zero-order valence-corrected chi connectivity index (χ0v) is 14.9. The van der Waals surface area contributed by atoms with Crippen LogP contribution >= 0.6 is 0 Å². The molecule has 1 amide bonds. The lowest BCUT2D eigenvalue weighted by Crippen LogP contribution is -2.43. The van der Waals surface area contributed by atoms with Crippen molar-refractivity contribution in [1.82, 2.24) is 25.0 Å². The average molecular weight is 343 g/mol. The van der Waals surface area contributed by atoms with E-state index in [2.05, 4.69) is 34.0 Å². The minimum atomic E-state index is 0.144. The first kappa shape index (κ1) is 17.5. The molecule has 1 aliphatic heterocycles. The Labute approximate surface area is 147 Å². The molecular formula is C18H25N5O2. The van der Waals surface area contributed by atoms with Crippen LogP contribution in [0.3, 0.4) is 0 Å². The molecule has 2 aromatic heterocycles. The van der Waals surface area contributed by atoms with E-state index in [0.717, 1.165) is 38.8 Å². The Kier molecular flexibility index (Phi) is 5.73. The first-order valence-corrected chi connectivity index (χ1v) is 9.09. The lowest BCUT2D eigenvalue weighted by Gasteiger charge is -2.34. The molecule has 3 rings (SSSR count). The molecule has 0 aromatic carbocycles. The fourth-order valence-corrected chi connectivity index (χ4v) is 3.43. The van der Waals surface area contributed by atoms with Crippen LogP contribution in [0.2, 0.25) is 0 Å². The van der Waals surface area contributed by atoms with Gasteiger partial charge in [0.2, 0.25) is 17.6 Å². The molecule has 0 spiro atoms. The van der Waals surface area contributed by atoms with E-state index >= 15 is 0 Å². The molecule has 134 valence electrons. The maximum Gasteiger partial charge on any atom is 0.227 e. The average Bonchev–Trinajstić information content (AvgIpc) is 3.12. The number of hydrogen-bond acceptors (Lipinski definition) is 6. The van der Waals surface area contributed by atoms with Crippen molar-refractivity contribution in [3.8, 4) is 11.5 Å². The molecule has 1 unspecified atom stereocenters. The minimum absolute atomic E-state index is 0.144. The van der Waals surface area contributed by atoms with Gasteiger partial charge in [0.15, 0.2) is 0 Å². The summed E-state index contributed by atoms with van der Waals surface area (Å²) in [6.45, 7) is 5.80. The molecule has 2 aromatic rings. The number of likely N-dealkylation sites (tertiary alicyclic amines) is 1. The van der Waals surface area contributed by atoms with Crippen molar-refractivity contribution < 1.29 is 9.32 Å². The van der Waals surface area contributed by atoms with Gasteiger partial charge in [-0.1, -0.05) is 19.0 Å². The molecule has 7 nitrogen and oxygen atoms in total. The lowest BCUT2D eigenvalue weighted by atomic mass is 9.92. The maximum atomic E-state index is 12.6. The van der Waals surface area contributed by atoms with Gasteiger partial charge in [-0.2, -0.15) is 4.98 Å². The van der Waals surface area contributed by atoms with Crippen LogP contribution in [0.5, 0.6) is 0 Å². The first-order chi connectivity index (χ1) is 12.2. The molecule has 1 saturated heterocycles.